The van der Waals surface area contributed by atoms with Crippen LogP contribution in [0, 0.1) is 5.92 Å². The highest BCUT2D eigenvalue weighted by Gasteiger charge is 2.16. The number of rotatable bonds is 6. The molecule has 1 amide bonds. The smallest absolute Gasteiger partial charge is 0.290 e. The number of aromatic amines is 1. The van der Waals surface area contributed by atoms with Crippen molar-refractivity contribution in [3.8, 4) is 0 Å². The van der Waals surface area contributed by atoms with E-state index in [1.54, 1.807) is 0 Å². The summed E-state index contributed by atoms with van der Waals surface area (Å²) in [5.74, 6) is 1.92. The number of H-pyrrole nitrogens is 1. The lowest BCUT2D eigenvalue weighted by atomic mass is 9.99. The molecule has 1 aromatic heterocycles. The molecule has 0 unspecified atom stereocenters. The fraction of sp³-hybridized carbons (Fsp3) is 0.800. The van der Waals surface area contributed by atoms with Gasteiger partial charge in [-0.25, -0.2) is 4.98 Å². The van der Waals surface area contributed by atoms with Gasteiger partial charge in [0.05, 0.1) is 0 Å². The summed E-state index contributed by atoms with van der Waals surface area (Å²) in [5.41, 5.74) is 0. The van der Waals surface area contributed by atoms with Crippen molar-refractivity contribution in [3.63, 3.8) is 0 Å². The molecule has 0 saturated carbocycles. The van der Waals surface area contributed by atoms with E-state index in [0.717, 1.165) is 24.7 Å². The first-order valence-electron chi connectivity index (χ1n) is 7.99. The second-order valence-corrected chi connectivity index (χ2v) is 6.33. The van der Waals surface area contributed by atoms with Crippen LogP contribution in [-0.2, 0) is 0 Å². The van der Waals surface area contributed by atoms with Crippen molar-refractivity contribution in [2.75, 3.05) is 26.2 Å². The normalized spacial score (nSPS) is 17.3. The average molecular weight is 293 g/mol. The molecular weight excluding hydrogens is 266 g/mol. The molecule has 2 N–H and O–H groups in total. The van der Waals surface area contributed by atoms with E-state index in [0.29, 0.717) is 6.54 Å². The van der Waals surface area contributed by atoms with E-state index >= 15 is 0 Å². The Bertz CT molecular complexity index is 449. The van der Waals surface area contributed by atoms with E-state index in [1.807, 2.05) is 13.8 Å². The van der Waals surface area contributed by atoms with Crippen LogP contribution in [0.25, 0.3) is 0 Å². The molecule has 118 valence electrons. The molecule has 1 aromatic rings. The maximum Gasteiger partial charge on any atom is 0.290 e. The van der Waals surface area contributed by atoms with Gasteiger partial charge in [0.15, 0.2) is 0 Å². The molecule has 21 heavy (non-hydrogen) atoms. The molecule has 0 spiro atoms. The minimum absolute atomic E-state index is 0.189. The number of nitrogens with zero attached hydrogens (tertiary/aromatic N) is 3. The van der Waals surface area contributed by atoms with Crippen LogP contribution in [0.1, 0.15) is 62.4 Å². The number of hydrogen-bond donors (Lipinski definition) is 2. The van der Waals surface area contributed by atoms with Gasteiger partial charge in [-0.05, 0) is 44.8 Å². The third-order valence-electron chi connectivity index (χ3n) is 4.07. The predicted molar refractivity (Wildman–Crippen MR) is 82.3 cm³/mol. The molecule has 6 nitrogen and oxygen atoms in total. The number of piperidine rings is 1. The van der Waals surface area contributed by atoms with Crippen molar-refractivity contribution >= 4 is 5.91 Å². The Morgan fingerprint density at radius 1 is 1.43 bits per heavy atom. The summed E-state index contributed by atoms with van der Waals surface area (Å²) in [7, 11) is 0. The molecule has 1 saturated heterocycles. The van der Waals surface area contributed by atoms with Crippen molar-refractivity contribution in [2.45, 2.75) is 46.0 Å². The molecule has 0 bridgehead atoms. The number of amides is 1. The third-order valence-corrected chi connectivity index (χ3v) is 4.07. The minimum Gasteiger partial charge on any atom is -0.349 e. The summed E-state index contributed by atoms with van der Waals surface area (Å²) in [6.45, 7) is 10.5. The molecule has 1 fully saturated rings. The van der Waals surface area contributed by atoms with Crippen LogP contribution >= 0.6 is 0 Å². The Hall–Kier alpha value is -1.43. The van der Waals surface area contributed by atoms with Crippen LogP contribution in [0.2, 0.25) is 0 Å². The zero-order chi connectivity index (χ0) is 15.2. The van der Waals surface area contributed by atoms with Crippen LogP contribution in [0.4, 0.5) is 0 Å². The topological polar surface area (TPSA) is 73.9 Å². The highest BCUT2D eigenvalue weighted by atomic mass is 16.2. The Morgan fingerprint density at radius 3 is 2.76 bits per heavy atom. The zero-order valence-corrected chi connectivity index (χ0v) is 13.4. The lowest BCUT2D eigenvalue weighted by molar-refractivity contribution is 0.0940. The molecule has 1 aliphatic heterocycles. The summed E-state index contributed by atoms with van der Waals surface area (Å²) in [5, 5.41) is 9.65. The van der Waals surface area contributed by atoms with Gasteiger partial charge in [-0.15, -0.1) is 5.10 Å². The van der Waals surface area contributed by atoms with Crippen molar-refractivity contribution in [1.29, 1.82) is 0 Å². The Kier molecular flexibility index (Phi) is 5.73. The summed E-state index contributed by atoms with van der Waals surface area (Å²) in [6, 6.07) is 0. The molecule has 0 aliphatic carbocycles. The van der Waals surface area contributed by atoms with Gasteiger partial charge in [0, 0.05) is 12.5 Å². The lowest BCUT2D eigenvalue weighted by Crippen LogP contribution is -2.35. The standard InChI is InChI=1S/C15H27N5O/c1-11(2)13-17-14(19-18-13)15(21)16-7-4-8-20-9-5-12(3)6-10-20/h11-12H,4-10H2,1-3H3,(H,16,21)(H,17,18,19). The van der Waals surface area contributed by atoms with E-state index in [9.17, 15) is 4.79 Å². The van der Waals surface area contributed by atoms with Crippen LogP contribution in [0.5, 0.6) is 0 Å². The van der Waals surface area contributed by atoms with Crippen LogP contribution in [0.3, 0.4) is 0 Å². The number of aromatic nitrogens is 3. The van der Waals surface area contributed by atoms with E-state index < -0.39 is 0 Å². The quantitative estimate of drug-likeness (QED) is 0.784. The largest absolute Gasteiger partial charge is 0.349 e. The Labute approximate surface area is 126 Å². The zero-order valence-electron chi connectivity index (χ0n) is 13.4. The molecule has 0 aromatic carbocycles. The highest BCUT2D eigenvalue weighted by Crippen LogP contribution is 2.15. The molecule has 6 heteroatoms. The number of carbonyl (C=O) groups excluding carboxylic acids is 1. The van der Waals surface area contributed by atoms with Crippen molar-refractivity contribution in [3.05, 3.63) is 11.6 Å². The Morgan fingerprint density at radius 2 is 2.14 bits per heavy atom. The molecule has 1 aliphatic rings. The summed E-state index contributed by atoms with van der Waals surface area (Å²) in [4.78, 5) is 18.6. The monoisotopic (exact) mass is 293 g/mol. The highest BCUT2D eigenvalue weighted by molar-refractivity contribution is 5.90. The summed E-state index contributed by atoms with van der Waals surface area (Å²) in [6.07, 6.45) is 3.56. The number of carbonyl (C=O) groups is 1. The average Bonchev–Trinajstić information content (AvgIpc) is 2.95. The van der Waals surface area contributed by atoms with E-state index in [2.05, 4.69) is 32.3 Å². The van der Waals surface area contributed by atoms with Crippen molar-refractivity contribution < 1.29 is 4.79 Å². The molecule has 2 heterocycles. The van der Waals surface area contributed by atoms with Gasteiger partial charge in [-0.2, -0.15) is 0 Å². The molecular formula is C15H27N5O. The lowest BCUT2D eigenvalue weighted by Gasteiger charge is -2.30. The van der Waals surface area contributed by atoms with Crippen LogP contribution < -0.4 is 5.32 Å². The molecule has 0 atom stereocenters. The van der Waals surface area contributed by atoms with Gasteiger partial charge >= 0.3 is 0 Å². The third kappa shape index (κ3) is 4.81. The van der Waals surface area contributed by atoms with Gasteiger partial charge in [0.2, 0.25) is 5.82 Å². The first kappa shape index (κ1) is 15.9. The summed E-state index contributed by atoms with van der Waals surface area (Å²) >= 11 is 0. The van der Waals surface area contributed by atoms with Crippen molar-refractivity contribution in [1.82, 2.24) is 25.4 Å². The maximum absolute atomic E-state index is 11.9. The second-order valence-electron chi connectivity index (χ2n) is 6.33. The Balaban J connectivity index is 1.65. The van der Waals surface area contributed by atoms with Gasteiger partial charge in [0.1, 0.15) is 5.82 Å². The van der Waals surface area contributed by atoms with E-state index in [1.165, 1.54) is 25.9 Å². The first-order valence-corrected chi connectivity index (χ1v) is 7.99. The van der Waals surface area contributed by atoms with Gasteiger partial charge in [-0.1, -0.05) is 20.8 Å². The number of likely N-dealkylation sites (tertiary alicyclic amines) is 1. The molecule has 2 rings (SSSR count). The number of hydrogen-bond acceptors (Lipinski definition) is 4. The van der Waals surface area contributed by atoms with Crippen LogP contribution in [-0.4, -0.2) is 52.2 Å². The SMILES string of the molecule is CC1CCN(CCCNC(=O)c2n[nH]c(C(C)C)n2)CC1. The fourth-order valence-corrected chi connectivity index (χ4v) is 2.50. The number of nitrogens with one attached hydrogen (secondary N) is 2. The summed E-state index contributed by atoms with van der Waals surface area (Å²) < 4.78 is 0. The maximum atomic E-state index is 11.9. The fourth-order valence-electron chi connectivity index (χ4n) is 2.50. The molecule has 0 radical (unpaired) electrons. The van der Waals surface area contributed by atoms with E-state index in [-0.39, 0.29) is 17.6 Å². The van der Waals surface area contributed by atoms with Gasteiger partial charge in [0.25, 0.3) is 5.91 Å². The van der Waals surface area contributed by atoms with Gasteiger partial charge in [-0.3, -0.25) is 9.89 Å². The predicted octanol–water partition coefficient (Wildman–Crippen LogP) is 1.78. The first-order chi connectivity index (χ1) is 10.1. The van der Waals surface area contributed by atoms with Crippen molar-refractivity contribution in [2.24, 2.45) is 5.92 Å². The van der Waals surface area contributed by atoms with Gasteiger partial charge < -0.3 is 10.2 Å². The van der Waals surface area contributed by atoms with E-state index in [4.69, 9.17) is 0 Å². The second kappa shape index (κ2) is 7.54. The minimum atomic E-state index is -0.189. The van der Waals surface area contributed by atoms with Crippen LogP contribution in [0.15, 0.2) is 0 Å².